The van der Waals surface area contributed by atoms with Crippen molar-refractivity contribution in [2.45, 2.75) is 89.5 Å². The van der Waals surface area contributed by atoms with Crippen molar-refractivity contribution in [3.8, 4) is 0 Å². The highest BCUT2D eigenvalue weighted by atomic mass is 32.2. The van der Waals surface area contributed by atoms with Crippen LogP contribution in [0.4, 0.5) is 4.79 Å². The van der Waals surface area contributed by atoms with Crippen LogP contribution in [0.15, 0.2) is 0 Å². The number of nitrogens with two attached hydrogens (primary N) is 1. The summed E-state index contributed by atoms with van der Waals surface area (Å²) in [4.78, 5) is 25.9. The van der Waals surface area contributed by atoms with Gasteiger partial charge in [0.15, 0.2) is 0 Å². The van der Waals surface area contributed by atoms with Gasteiger partial charge in [-0.3, -0.25) is 14.5 Å². The van der Waals surface area contributed by atoms with Gasteiger partial charge in [0.1, 0.15) is 5.37 Å². The number of amides is 2. The molecule has 1 fully saturated rings. The summed E-state index contributed by atoms with van der Waals surface area (Å²) in [6.45, 7) is 6.41. The van der Waals surface area contributed by atoms with E-state index in [0.29, 0.717) is 0 Å². The monoisotopic (exact) mass is 314 g/mol. The molecule has 1 heterocycles. The number of hydrogen-bond donors (Lipinski definition) is 1. The quantitative estimate of drug-likeness (QED) is 0.611. The maximum absolute atomic E-state index is 12.2. The molecule has 0 saturated carbocycles. The molecule has 0 aliphatic carbocycles. The summed E-state index contributed by atoms with van der Waals surface area (Å²) in [5.41, 5.74) is 5.37. The fourth-order valence-corrected chi connectivity index (χ4v) is 3.79. The second kappa shape index (κ2) is 8.79. The highest BCUT2D eigenvalue weighted by molar-refractivity contribution is 8.15. The molecular formula is C16H30N2O2S. The highest BCUT2D eigenvalue weighted by Crippen LogP contribution is 2.37. The summed E-state index contributed by atoms with van der Waals surface area (Å²) < 4.78 is 0. The maximum Gasteiger partial charge on any atom is 0.290 e. The summed E-state index contributed by atoms with van der Waals surface area (Å²) in [5, 5.41) is -0.874. The second-order valence-corrected chi connectivity index (χ2v) is 7.34. The van der Waals surface area contributed by atoms with E-state index in [1.165, 1.54) is 17.7 Å². The fourth-order valence-electron chi connectivity index (χ4n) is 2.95. The van der Waals surface area contributed by atoms with Gasteiger partial charge in [0.2, 0.25) is 0 Å². The number of nitrogens with zero attached hydrogens (tertiary/aromatic N) is 1. The van der Waals surface area contributed by atoms with Crippen LogP contribution in [0.5, 0.6) is 0 Å². The molecule has 0 bridgehead atoms. The van der Waals surface area contributed by atoms with Gasteiger partial charge in [-0.25, -0.2) is 0 Å². The summed E-state index contributed by atoms with van der Waals surface area (Å²) >= 11 is 0.962. The standard InChI is InChI=1S/C16H30N2O2S/c1-4-6-8-10-12-16(3,11-9-7-5-2)18-14(19)13(17)21-15(18)20/h13H,4-12,17H2,1-3H3. The van der Waals surface area contributed by atoms with E-state index in [1.807, 2.05) is 0 Å². The molecule has 0 aromatic carbocycles. The van der Waals surface area contributed by atoms with E-state index in [9.17, 15) is 9.59 Å². The zero-order valence-electron chi connectivity index (χ0n) is 13.7. The first-order chi connectivity index (χ1) is 9.96. The third-order valence-corrected chi connectivity index (χ3v) is 5.14. The Hall–Kier alpha value is -0.550. The van der Waals surface area contributed by atoms with E-state index in [0.717, 1.165) is 56.7 Å². The zero-order valence-corrected chi connectivity index (χ0v) is 14.5. The minimum Gasteiger partial charge on any atom is -0.311 e. The lowest BCUT2D eigenvalue weighted by Gasteiger charge is -2.37. The molecule has 2 unspecified atom stereocenters. The van der Waals surface area contributed by atoms with Crippen LogP contribution >= 0.6 is 11.8 Å². The van der Waals surface area contributed by atoms with E-state index >= 15 is 0 Å². The number of carbonyl (C=O) groups excluding carboxylic acids is 2. The first kappa shape index (κ1) is 18.5. The molecule has 1 aliphatic rings. The second-order valence-electron chi connectivity index (χ2n) is 6.24. The van der Waals surface area contributed by atoms with E-state index in [2.05, 4.69) is 20.8 Å². The Bertz CT molecular complexity index is 362. The van der Waals surface area contributed by atoms with Crippen LogP contribution in [-0.4, -0.2) is 27.0 Å². The van der Waals surface area contributed by atoms with E-state index in [-0.39, 0.29) is 16.7 Å². The summed E-state index contributed by atoms with van der Waals surface area (Å²) in [5.74, 6) is -0.209. The molecule has 0 aromatic heterocycles. The van der Waals surface area contributed by atoms with Crippen LogP contribution < -0.4 is 5.73 Å². The molecule has 2 atom stereocenters. The third-order valence-electron chi connectivity index (χ3n) is 4.30. The first-order valence-electron chi connectivity index (χ1n) is 8.26. The third kappa shape index (κ3) is 4.99. The molecule has 2 amide bonds. The molecule has 1 rings (SSSR count). The van der Waals surface area contributed by atoms with Crippen LogP contribution in [0.1, 0.15) is 78.6 Å². The molecule has 0 aromatic rings. The van der Waals surface area contributed by atoms with Crippen molar-refractivity contribution in [2.24, 2.45) is 5.73 Å². The molecule has 5 heteroatoms. The highest BCUT2D eigenvalue weighted by Gasteiger charge is 2.46. The minimum atomic E-state index is -0.710. The number of thioether (sulfide) groups is 1. The fraction of sp³-hybridized carbons (Fsp3) is 0.875. The predicted molar refractivity (Wildman–Crippen MR) is 89.1 cm³/mol. The van der Waals surface area contributed by atoms with Gasteiger partial charge in [0, 0.05) is 5.54 Å². The Kier molecular flexibility index (Phi) is 7.74. The summed E-state index contributed by atoms with van der Waals surface area (Å²) in [6.07, 6.45) is 9.73. The topological polar surface area (TPSA) is 63.4 Å². The number of rotatable bonds is 10. The number of unbranched alkanes of at least 4 members (excludes halogenated alkanes) is 5. The summed E-state index contributed by atoms with van der Waals surface area (Å²) in [6, 6.07) is 0. The molecule has 21 heavy (non-hydrogen) atoms. The van der Waals surface area contributed by atoms with Gasteiger partial charge in [0.05, 0.1) is 0 Å². The van der Waals surface area contributed by atoms with Crippen molar-refractivity contribution < 1.29 is 9.59 Å². The minimum absolute atomic E-state index is 0.165. The Balaban J connectivity index is 2.74. The molecule has 0 spiro atoms. The van der Waals surface area contributed by atoms with Crippen LogP contribution in [0.3, 0.4) is 0 Å². The normalized spacial score (nSPS) is 21.9. The van der Waals surface area contributed by atoms with Crippen LogP contribution in [0.2, 0.25) is 0 Å². The summed E-state index contributed by atoms with van der Waals surface area (Å²) in [7, 11) is 0. The lowest BCUT2D eigenvalue weighted by Crippen LogP contribution is -2.50. The van der Waals surface area contributed by atoms with Crippen molar-refractivity contribution in [1.82, 2.24) is 4.90 Å². The molecule has 1 saturated heterocycles. The largest absolute Gasteiger partial charge is 0.311 e. The molecule has 0 radical (unpaired) electrons. The van der Waals surface area contributed by atoms with Crippen molar-refractivity contribution in [2.75, 3.05) is 0 Å². The van der Waals surface area contributed by atoms with Gasteiger partial charge in [-0.15, -0.1) is 0 Å². The van der Waals surface area contributed by atoms with Crippen LogP contribution in [-0.2, 0) is 4.79 Å². The van der Waals surface area contributed by atoms with Crippen LogP contribution in [0.25, 0.3) is 0 Å². The van der Waals surface area contributed by atoms with E-state index in [4.69, 9.17) is 5.73 Å². The van der Waals surface area contributed by atoms with E-state index < -0.39 is 5.37 Å². The smallest absolute Gasteiger partial charge is 0.290 e. The Morgan fingerprint density at radius 3 is 2.05 bits per heavy atom. The van der Waals surface area contributed by atoms with E-state index in [1.54, 1.807) is 0 Å². The Labute approximate surface area is 133 Å². The number of imide groups is 1. The Morgan fingerprint density at radius 2 is 1.57 bits per heavy atom. The Morgan fingerprint density at radius 1 is 1.05 bits per heavy atom. The van der Waals surface area contributed by atoms with Gasteiger partial charge < -0.3 is 5.73 Å². The number of carbonyl (C=O) groups is 2. The first-order valence-corrected chi connectivity index (χ1v) is 9.14. The SMILES string of the molecule is CCCCCCC(C)(CCCCC)N1C(=O)SC(N)C1=O. The zero-order chi connectivity index (χ0) is 15.9. The van der Waals surface area contributed by atoms with Gasteiger partial charge in [-0.2, -0.15) is 0 Å². The van der Waals surface area contributed by atoms with Gasteiger partial charge >= 0.3 is 0 Å². The number of hydrogen-bond acceptors (Lipinski definition) is 4. The molecule has 4 nitrogen and oxygen atoms in total. The lowest BCUT2D eigenvalue weighted by molar-refractivity contribution is -0.131. The van der Waals surface area contributed by atoms with Crippen molar-refractivity contribution >= 4 is 22.9 Å². The van der Waals surface area contributed by atoms with Gasteiger partial charge in [-0.05, 0) is 31.5 Å². The van der Waals surface area contributed by atoms with Crippen molar-refractivity contribution in [1.29, 1.82) is 0 Å². The van der Waals surface area contributed by atoms with Crippen molar-refractivity contribution in [3.63, 3.8) is 0 Å². The van der Waals surface area contributed by atoms with Gasteiger partial charge in [-0.1, -0.05) is 58.8 Å². The van der Waals surface area contributed by atoms with Crippen LogP contribution in [0, 0.1) is 0 Å². The van der Waals surface area contributed by atoms with Gasteiger partial charge in [0.25, 0.3) is 11.1 Å². The molecular weight excluding hydrogens is 284 g/mol. The predicted octanol–water partition coefficient (Wildman–Crippen LogP) is 4.28. The lowest BCUT2D eigenvalue weighted by atomic mass is 9.86. The average Bonchev–Trinajstić information content (AvgIpc) is 2.69. The molecule has 1 aliphatic heterocycles. The average molecular weight is 314 g/mol. The molecule has 122 valence electrons. The van der Waals surface area contributed by atoms with Crippen molar-refractivity contribution in [3.05, 3.63) is 0 Å². The molecule has 2 N–H and O–H groups in total. The maximum atomic E-state index is 12.2.